The second kappa shape index (κ2) is 8.29. The van der Waals surface area contributed by atoms with Gasteiger partial charge in [0.15, 0.2) is 0 Å². The van der Waals surface area contributed by atoms with Crippen LogP contribution in [0.2, 0.25) is 10.0 Å². The Morgan fingerprint density at radius 3 is 2.68 bits per heavy atom. The van der Waals surface area contributed by atoms with E-state index in [1.54, 1.807) is 18.3 Å². The molecule has 1 N–H and O–H groups in total. The van der Waals surface area contributed by atoms with Crippen molar-refractivity contribution >= 4 is 34.6 Å². The van der Waals surface area contributed by atoms with Gasteiger partial charge in [0.2, 0.25) is 5.88 Å². The molecule has 0 amide bonds. The molecule has 28 heavy (non-hydrogen) atoms. The number of nitrogens with one attached hydrogen (secondary N) is 1. The molecule has 0 saturated carbocycles. The molecule has 0 aliphatic carbocycles. The molecule has 1 aliphatic heterocycles. The largest absolute Gasteiger partial charge is 0.471 e. The van der Waals surface area contributed by atoms with Crippen LogP contribution in [0.3, 0.4) is 0 Å². The number of pyridine rings is 1. The van der Waals surface area contributed by atoms with Crippen LogP contribution in [0, 0.1) is 0 Å². The Morgan fingerprint density at radius 2 is 1.89 bits per heavy atom. The van der Waals surface area contributed by atoms with Crippen molar-refractivity contribution in [1.29, 1.82) is 0 Å². The van der Waals surface area contributed by atoms with E-state index in [1.165, 1.54) is 0 Å². The van der Waals surface area contributed by atoms with Gasteiger partial charge in [-0.15, -0.1) is 0 Å². The van der Waals surface area contributed by atoms with Crippen LogP contribution in [-0.2, 0) is 0 Å². The molecule has 1 aromatic heterocycles. The van der Waals surface area contributed by atoms with E-state index < -0.39 is 0 Å². The van der Waals surface area contributed by atoms with Gasteiger partial charge in [-0.3, -0.25) is 0 Å². The van der Waals surface area contributed by atoms with Gasteiger partial charge in [0.1, 0.15) is 11.1 Å². The highest BCUT2D eigenvalue weighted by Crippen LogP contribution is 2.36. The first kappa shape index (κ1) is 18.9. The summed E-state index contributed by atoms with van der Waals surface area (Å²) in [7, 11) is 1.94. The minimum Gasteiger partial charge on any atom is -0.471 e. The molecule has 3 aromatic rings. The van der Waals surface area contributed by atoms with Gasteiger partial charge in [0.05, 0.1) is 17.9 Å². The monoisotopic (exact) mass is 413 g/mol. The Kier molecular flexibility index (Phi) is 5.60. The van der Waals surface area contributed by atoms with Crippen LogP contribution in [-0.4, -0.2) is 31.2 Å². The molecular weight excluding hydrogens is 393 g/mol. The zero-order chi connectivity index (χ0) is 19.5. The minimum atomic E-state index is 0.0559. The fourth-order valence-electron chi connectivity index (χ4n) is 3.53. The normalized spacial score (nSPS) is 16.2. The molecule has 0 bridgehead atoms. The maximum absolute atomic E-state index is 6.37. The molecule has 2 aromatic carbocycles. The fraction of sp³-hybridized carbons (Fsp3) is 0.227. The number of nitrogens with zero attached hydrogens (tertiary/aromatic N) is 2. The molecule has 2 heterocycles. The molecule has 144 valence electrons. The van der Waals surface area contributed by atoms with Crippen molar-refractivity contribution in [2.24, 2.45) is 0 Å². The summed E-state index contributed by atoms with van der Waals surface area (Å²) in [5.74, 6) is 0.499. The standard InChI is InChI=1S/C22H21Cl2N3O/c1-25-20-13-15(17-5-2-3-6-18(17)23)8-9-21(20)27-12-10-16(14-27)28-22-19(24)7-4-11-26-22/h2-9,11,13,16,25H,10,12,14H2,1H3. The third kappa shape index (κ3) is 3.89. The summed E-state index contributed by atoms with van der Waals surface area (Å²) in [5.41, 5.74) is 4.33. The summed E-state index contributed by atoms with van der Waals surface area (Å²) in [6.45, 7) is 1.70. The summed E-state index contributed by atoms with van der Waals surface area (Å²) in [6.07, 6.45) is 2.67. The summed E-state index contributed by atoms with van der Waals surface area (Å²) in [6, 6.07) is 17.9. The van der Waals surface area contributed by atoms with Crippen LogP contribution in [0.1, 0.15) is 6.42 Å². The molecule has 1 aliphatic rings. The zero-order valence-corrected chi connectivity index (χ0v) is 17.0. The topological polar surface area (TPSA) is 37.4 Å². The first-order chi connectivity index (χ1) is 13.7. The van der Waals surface area contributed by atoms with E-state index >= 15 is 0 Å². The lowest BCUT2D eigenvalue weighted by Crippen LogP contribution is -2.25. The predicted octanol–water partition coefficient (Wildman–Crippen LogP) is 5.75. The van der Waals surface area contributed by atoms with Gasteiger partial charge in [-0.1, -0.05) is 47.5 Å². The lowest BCUT2D eigenvalue weighted by Gasteiger charge is -2.23. The number of ether oxygens (including phenoxy) is 1. The Labute approximate surface area is 175 Å². The van der Waals surface area contributed by atoms with E-state index in [-0.39, 0.29) is 6.10 Å². The lowest BCUT2D eigenvalue weighted by molar-refractivity contribution is 0.216. The number of rotatable bonds is 5. The third-order valence-electron chi connectivity index (χ3n) is 4.94. The van der Waals surface area contributed by atoms with Gasteiger partial charge >= 0.3 is 0 Å². The molecule has 6 heteroatoms. The van der Waals surface area contributed by atoms with Crippen LogP contribution in [0.15, 0.2) is 60.8 Å². The number of hydrogen-bond acceptors (Lipinski definition) is 4. The van der Waals surface area contributed by atoms with Gasteiger partial charge < -0.3 is 15.0 Å². The zero-order valence-electron chi connectivity index (χ0n) is 15.5. The molecule has 1 saturated heterocycles. The number of benzene rings is 2. The highest BCUT2D eigenvalue weighted by molar-refractivity contribution is 6.33. The number of aromatic nitrogens is 1. The molecule has 0 radical (unpaired) electrons. The van der Waals surface area contributed by atoms with Gasteiger partial charge in [-0.2, -0.15) is 0 Å². The SMILES string of the molecule is CNc1cc(-c2ccccc2Cl)ccc1N1CCC(Oc2ncccc2Cl)C1. The van der Waals surface area contributed by atoms with Crippen molar-refractivity contribution in [3.05, 3.63) is 70.8 Å². The van der Waals surface area contributed by atoms with Crippen LogP contribution < -0.4 is 15.0 Å². The Balaban J connectivity index is 1.53. The van der Waals surface area contributed by atoms with Crippen LogP contribution in [0.5, 0.6) is 5.88 Å². The smallest absolute Gasteiger partial charge is 0.232 e. The average Bonchev–Trinajstić information content (AvgIpc) is 3.18. The minimum absolute atomic E-state index is 0.0559. The number of hydrogen-bond donors (Lipinski definition) is 1. The van der Waals surface area contributed by atoms with Crippen LogP contribution in [0.4, 0.5) is 11.4 Å². The van der Waals surface area contributed by atoms with Gasteiger partial charge in [0, 0.05) is 36.8 Å². The maximum atomic E-state index is 6.37. The van der Waals surface area contributed by atoms with Gasteiger partial charge in [-0.05, 0) is 35.9 Å². The molecule has 1 unspecified atom stereocenters. The first-order valence-electron chi connectivity index (χ1n) is 9.24. The second-order valence-corrected chi connectivity index (χ2v) is 7.54. The Hall–Kier alpha value is -2.43. The van der Waals surface area contributed by atoms with E-state index in [4.69, 9.17) is 27.9 Å². The van der Waals surface area contributed by atoms with Crippen molar-refractivity contribution in [3.63, 3.8) is 0 Å². The maximum Gasteiger partial charge on any atom is 0.232 e. The molecular formula is C22H21Cl2N3O. The van der Waals surface area contributed by atoms with Gasteiger partial charge in [0.25, 0.3) is 0 Å². The molecule has 0 spiro atoms. The van der Waals surface area contributed by atoms with Crippen molar-refractivity contribution in [2.75, 3.05) is 30.4 Å². The van der Waals surface area contributed by atoms with Crippen LogP contribution >= 0.6 is 23.2 Å². The van der Waals surface area contributed by atoms with E-state index in [1.807, 2.05) is 31.3 Å². The third-order valence-corrected chi connectivity index (χ3v) is 5.56. The number of halogens is 2. The quantitative estimate of drug-likeness (QED) is 0.577. The van der Waals surface area contributed by atoms with E-state index in [0.717, 1.165) is 47.0 Å². The van der Waals surface area contributed by atoms with E-state index in [0.29, 0.717) is 10.9 Å². The molecule has 4 nitrogen and oxygen atoms in total. The van der Waals surface area contributed by atoms with Crippen molar-refractivity contribution in [3.8, 4) is 17.0 Å². The Morgan fingerprint density at radius 1 is 1.07 bits per heavy atom. The number of anilines is 2. The predicted molar refractivity (Wildman–Crippen MR) is 117 cm³/mol. The molecule has 4 rings (SSSR count). The molecule has 1 atom stereocenters. The Bertz CT molecular complexity index is 980. The fourth-order valence-corrected chi connectivity index (χ4v) is 3.94. The van der Waals surface area contributed by atoms with Crippen molar-refractivity contribution < 1.29 is 4.74 Å². The van der Waals surface area contributed by atoms with Crippen molar-refractivity contribution in [2.45, 2.75) is 12.5 Å². The first-order valence-corrected chi connectivity index (χ1v) is 10.00. The summed E-state index contributed by atoms with van der Waals surface area (Å²) < 4.78 is 6.02. The summed E-state index contributed by atoms with van der Waals surface area (Å²) in [5, 5.41) is 4.61. The van der Waals surface area contributed by atoms with E-state index in [9.17, 15) is 0 Å². The van der Waals surface area contributed by atoms with Gasteiger partial charge in [-0.25, -0.2) is 4.98 Å². The lowest BCUT2D eigenvalue weighted by atomic mass is 10.0. The summed E-state index contributed by atoms with van der Waals surface area (Å²) >= 11 is 12.5. The molecule has 1 fully saturated rings. The highest BCUT2D eigenvalue weighted by atomic mass is 35.5. The average molecular weight is 414 g/mol. The summed E-state index contributed by atoms with van der Waals surface area (Å²) in [4.78, 5) is 6.55. The van der Waals surface area contributed by atoms with E-state index in [2.05, 4.69) is 33.4 Å². The van der Waals surface area contributed by atoms with Crippen molar-refractivity contribution in [1.82, 2.24) is 4.98 Å². The second-order valence-electron chi connectivity index (χ2n) is 6.73. The highest BCUT2D eigenvalue weighted by Gasteiger charge is 2.26. The van der Waals surface area contributed by atoms with Crippen LogP contribution in [0.25, 0.3) is 11.1 Å².